The predicted molar refractivity (Wildman–Crippen MR) is 85.6 cm³/mol. The van der Waals surface area contributed by atoms with E-state index in [1.807, 2.05) is 42.5 Å². The molecule has 2 heteroatoms. The molecule has 0 heterocycles. The molecule has 0 amide bonds. The first-order valence-corrected chi connectivity index (χ1v) is 7.22. The Morgan fingerprint density at radius 2 is 1.59 bits per heavy atom. The number of Topliss-reactive ketones (excluding diaryl/α,β-unsaturated/α-hetero) is 2. The van der Waals surface area contributed by atoms with Gasteiger partial charge in [-0.1, -0.05) is 54.6 Å². The van der Waals surface area contributed by atoms with Crippen LogP contribution in [0.2, 0.25) is 0 Å². The van der Waals surface area contributed by atoms with Gasteiger partial charge in [0.05, 0.1) is 0 Å². The van der Waals surface area contributed by atoms with Gasteiger partial charge in [-0.25, -0.2) is 0 Å². The summed E-state index contributed by atoms with van der Waals surface area (Å²) in [5.41, 5.74) is 3.57. The van der Waals surface area contributed by atoms with Gasteiger partial charge in [-0.15, -0.1) is 0 Å². The third-order valence-electron chi connectivity index (χ3n) is 4.55. The highest BCUT2D eigenvalue weighted by atomic mass is 16.2. The second kappa shape index (κ2) is 3.80. The normalized spacial score (nSPS) is 14.8. The number of rotatable bonds is 0. The molecule has 0 radical (unpaired) electrons. The number of ketones is 2. The van der Waals surface area contributed by atoms with Gasteiger partial charge in [0.15, 0.2) is 0 Å². The highest BCUT2D eigenvalue weighted by Crippen LogP contribution is 2.37. The van der Waals surface area contributed by atoms with E-state index in [1.165, 1.54) is 6.08 Å². The molecule has 0 atom stereocenters. The Balaban J connectivity index is 2.10. The van der Waals surface area contributed by atoms with Crippen LogP contribution in [0.15, 0.2) is 54.6 Å². The van der Waals surface area contributed by atoms with Crippen LogP contribution in [0.3, 0.4) is 0 Å². The topological polar surface area (TPSA) is 34.1 Å². The number of carbonyl (C=O) groups excluding carboxylic acids is 2. The Morgan fingerprint density at radius 3 is 2.50 bits per heavy atom. The molecular formula is C20H10O2. The molecule has 0 spiro atoms. The van der Waals surface area contributed by atoms with E-state index in [0.717, 1.165) is 37.9 Å². The smallest absolute Gasteiger partial charge is 0.234 e. The number of hydrogen-bond donors (Lipinski definition) is 0. The van der Waals surface area contributed by atoms with Gasteiger partial charge in [-0.2, -0.15) is 0 Å². The van der Waals surface area contributed by atoms with Crippen molar-refractivity contribution in [1.82, 2.24) is 0 Å². The lowest BCUT2D eigenvalue weighted by Gasteiger charge is -2.09. The second-order valence-corrected chi connectivity index (χ2v) is 5.69. The highest BCUT2D eigenvalue weighted by Gasteiger charge is 2.32. The van der Waals surface area contributed by atoms with Crippen molar-refractivity contribution < 1.29 is 9.59 Å². The largest absolute Gasteiger partial charge is 0.286 e. The minimum atomic E-state index is -0.430. The zero-order chi connectivity index (χ0) is 14.8. The molecule has 0 unspecified atom stereocenters. The molecule has 0 saturated carbocycles. The molecule has 0 fully saturated rings. The summed E-state index contributed by atoms with van der Waals surface area (Å²) in [6, 6.07) is 18.0. The van der Waals surface area contributed by atoms with Crippen LogP contribution in [0.5, 0.6) is 0 Å². The van der Waals surface area contributed by atoms with Crippen molar-refractivity contribution >= 4 is 34.0 Å². The third kappa shape index (κ3) is 1.25. The summed E-state index contributed by atoms with van der Waals surface area (Å²) in [7, 11) is 0. The molecule has 22 heavy (non-hydrogen) atoms. The summed E-state index contributed by atoms with van der Waals surface area (Å²) in [6.45, 7) is 0. The van der Waals surface area contributed by atoms with Gasteiger partial charge < -0.3 is 0 Å². The van der Waals surface area contributed by atoms with Crippen molar-refractivity contribution in [3.8, 4) is 11.1 Å². The lowest BCUT2D eigenvalue weighted by molar-refractivity contribution is -0.129. The molecule has 0 saturated heterocycles. The fourth-order valence-corrected chi connectivity index (χ4v) is 3.64. The van der Waals surface area contributed by atoms with Crippen molar-refractivity contribution in [2.75, 3.05) is 0 Å². The molecule has 2 nitrogen and oxygen atoms in total. The summed E-state index contributed by atoms with van der Waals surface area (Å²) in [5, 5.41) is 3.87. The van der Waals surface area contributed by atoms with Crippen LogP contribution < -0.4 is 10.4 Å². The van der Waals surface area contributed by atoms with Crippen LogP contribution >= 0.6 is 0 Å². The van der Waals surface area contributed by atoms with Gasteiger partial charge in [-0.3, -0.25) is 9.59 Å². The van der Waals surface area contributed by atoms with E-state index >= 15 is 0 Å². The maximum absolute atomic E-state index is 12.5. The molecule has 0 aliphatic heterocycles. The van der Waals surface area contributed by atoms with Crippen molar-refractivity contribution in [2.45, 2.75) is 0 Å². The molecule has 0 bridgehead atoms. The predicted octanol–water partition coefficient (Wildman–Crippen LogP) is 1.95. The molecule has 102 valence electrons. The van der Waals surface area contributed by atoms with Crippen molar-refractivity contribution in [3.05, 3.63) is 70.6 Å². The monoisotopic (exact) mass is 282 g/mol. The molecule has 0 N–H and O–H groups in total. The molecule has 3 aromatic rings. The molecular weight excluding hydrogens is 272 g/mol. The lowest BCUT2D eigenvalue weighted by Crippen LogP contribution is -2.36. The first-order valence-electron chi connectivity index (χ1n) is 7.22. The average molecular weight is 282 g/mol. The minimum Gasteiger partial charge on any atom is -0.286 e. The van der Waals surface area contributed by atoms with Gasteiger partial charge in [0, 0.05) is 16.4 Å². The Morgan fingerprint density at radius 1 is 0.727 bits per heavy atom. The van der Waals surface area contributed by atoms with E-state index < -0.39 is 11.6 Å². The fourth-order valence-electron chi connectivity index (χ4n) is 3.64. The van der Waals surface area contributed by atoms with E-state index in [0.29, 0.717) is 5.57 Å². The number of fused-ring (bicyclic) bond motifs is 5. The van der Waals surface area contributed by atoms with E-state index in [2.05, 4.69) is 12.1 Å². The number of carbonyl (C=O) groups is 2. The maximum Gasteiger partial charge on any atom is 0.234 e. The first-order chi connectivity index (χ1) is 10.8. The van der Waals surface area contributed by atoms with Crippen LogP contribution in [-0.4, -0.2) is 11.6 Å². The van der Waals surface area contributed by atoms with Crippen LogP contribution in [-0.2, 0) is 9.59 Å². The lowest BCUT2D eigenvalue weighted by atomic mass is 9.92. The summed E-state index contributed by atoms with van der Waals surface area (Å²) in [4.78, 5) is 24.6. The Labute approximate surface area is 126 Å². The Hall–Kier alpha value is -3.00. The second-order valence-electron chi connectivity index (χ2n) is 5.69. The Bertz CT molecular complexity index is 1150. The number of benzene rings is 3. The van der Waals surface area contributed by atoms with Crippen molar-refractivity contribution in [1.29, 1.82) is 0 Å². The van der Waals surface area contributed by atoms with Crippen LogP contribution in [0.4, 0.5) is 0 Å². The summed E-state index contributed by atoms with van der Waals surface area (Å²) < 4.78 is 0. The van der Waals surface area contributed by atoms with Crippen LogP contribution in [0.25, 0.3) is 33.5 Å². The molecule has 0 aromatic heterocycles. The highest BCUT2D eigenvalue weighted by molar-refractivity contribution is 6.63. The average Bonchev–Trinajstić information content (AvgIpc) is 2.89. The van der Waals surface area contributed by atoms with Gasteiger partial charge in [0.2, 0.25) is 11.6 Å². The fraction of sp³-hybridized carbons (Fsp3) is 0. The molecule has 2 aliphatic carbocycles. The van der Waals surface area contributed by atoms with E-state index in [-0.39, 0.29) is 0 Å². The van der Waals surface area contributed by atoms with Gasteiger partial charge in [0.1, 0.15) is 0 Å². The third-order valence-corrected chi connectivity index (χ3v) is 4.55. The quantitative estimate of drug-likeness (QED) is 0.591. The van der Waals surface area contributed by atoms with E-state index in [9.17, 15) is 9.59 Å². The SMILES string of the molecule is O=C1C=c2cccc3c2=C(C1=O)c1c-3ccc2ccccc12. The number of hydrogen-bond acceptors (Lipinski definition) is 2. The first kappa shape index (κ1) is 11.6. The van der Waals surface area contributed by atoms with Gasteiger partial charge in [-0.05, 0) is 33.2 Å². The minimum absolute atomic E-state index is 0.393. The standard InChI is InChI=1S/C20H10O2/c21-16-10-12-5-3-7-14-15-9-8-11-4-1-2-6-13(11)18(15)19(17(12)14)20(16)22/h1-10H. The van der Waals surface area contributed by atoms with E-state index in [1.54, 1.807) is 0 Å². The van der Waals surface area contributed by atoms with Crippen LogP contribution in [0.1, 0.15) is 5.56 Å². The summed E-state index contributed by atoms with van der Waals surface area (Å²) in [5.74, 6) is -0.824. The van der Waals surface area contributed by atoms with Gasteiger partial charge in [0.25, 0.3) is 0 Å². The molecule has 5 rings (SSSR count). The van der Waals surface area contributed by atoms with Crippen LogP contribution in [0, 0.1) is 0 Å². The summed E-state index contributed by atoms with van der Waals surface area (Å²) in [6.07, 6.45) is 1.46. The van der Waals surface area contributed by atoms with Crippen molar-refractivity contribution in [3.63, 3.8) is 0 Å². The van der Waals surface area contributed by atoms with Crippen molar-refractivity contribution in [2.24, 2.45) is 0 Å². The van der Waals surface area contributed by atoms with E-state index in [4.69, 9.17) is 0 Å². The molecule has 2 aliphatic rings. The zero-order valence-corrected chi connectivity index (χ0v) is 11.6. The zero-order valence-electron chi connectivity index (χ0n) is 11.6. The maximum atomic E-state index is 12.5. The summed E-state index contributed by atoms with van der Waals surface area (Å²) >= 11 is 0. The van der Waals surface area contributed by atoms with Gasteiger partial charge >= 0.3 is 0 Å². The molecule has 3 aromatic carbocycles. The Kier molecular flexibility index (Phi) is 2.01.